The van der Waals surface area contributed by atoms with Crippen molar-refractivity contribution in [2.75, 3.05) is 12.4 Å². The first-order valence-electron chi connectivity index (χ1n) is 5.93. The zero-order valence-corrected chi connectivity index (χ0v) is 10.6. The van der Waals surface area contributed by atoms with Crippen molar-refractivity contribution < 1.29 is 14.6 Å². The first-order valence-corrected chi connectivity index (χ1v) is 5.93. The first kappa shape index (κ1) is 13.2. The topological polar surface area (TPSA) is 74.3 Å². The molecule has 0 saturated carbocycles. The van der Waals surface area contributed by atoms with Crippen LogP contribution in [-0.2, 0) is 17.9 Å². The van der Waals surface area contributed by atoms with Crippen LogP contribution in [0.4, 0.5) is 5.69 Å². The average molecular weight is 260 g/mol. The van der Waals surface area contributed by atoms with Crippen LogP contribution < -0.4 is 5.32 Å². The van der Waals surface area contributed by atoms with Crippen LogP contribution >= 0.6 is 0 Å². The maximum atomic E-state index is 11.3. The molecule has 5 nitrogen and oxygen atoms in total. The van der Waals surface area contributed by atoms with Gasteiger partial charge in [-0.2, -0.15) is 0 Å². The summed E-state index contributed by atoms with van der Waals surface area (Å²) in [7, 11) is 1.35. The van der Waals surface area contributed by atoms with Gasteiger partial charge in [-0.3, -0.25) is 0 Å². The number of nitrogens with one attached hydrogen (secondary N) is 2. The maximum Gasteiger partial charge on any atom is 0.354 e. The van der Waals surface area contributed by atoms with Gasteiger partial charge in [0, 0.05) is 16.9 Å². The zero-order valence-electron chi connectivity index (χ0n) is 10.6. The van der Waals surface area contributed by atoms with E-state index >= 15 is 0 Å². The van der Waals surface area contributed by atoms with Crippen molar-refractivity contribution in [3.8, 4) is 0 Å². The lowest BCUT2D eigenvalue weighted by Gasteiger charge is -2.09. The lowest BCUT2D eigenvalue weighted by Crippen LogP contribution is -2.05. The smallest absolute Gasteiger partial charge is 0.354 e. The van der Waals surface area contributed by atoms with Gasteiger partial charge < -0.3 is 20.1 Å². The van der Waals surface area contributed by atoms with E-state index in [4.69, 9.17) is 0 Å². The molecule has 5 heteroatoms. The number of aromatic amines is 1. The zero-order chi connectivity index (χ0) is 13.7. The molecule has 3 N–H and O–H groups in total. The van der Waals surface area contributed by atoms with Crippen LogP contribution in [0.2, 0.25) is 0 Å². The van der Waals surface area contributed by atoms with E-state index in [1.165, 1.54) is 7.11 Å². The summed E-state index contributed by atoms with van der Waals surface area (Å²) < 4.78 is 4.63. The molecule has 0 spiro atoms. The lowest BCUT2D eigenvalue weighted by atomic mass is 10.2. The third kappa shape index (κ3) is 3.14. The summed E-state index contributed by atoms with van der Waals surface area (Å²) in [4.78, 5) is 14.3. The molecular formula is C14H16N2O3. The highest BCUT2D eigenvalue weighted by Crippen LogP contribution is 2.16. The van der Waals surface area contributed by atoms with E-state index in [0.717, 1.165) is 16.9 Å². The molecular weight excluding hydrogens is 244 g/mol. The second kappa shape index (κ2) is 6.06. The number of esters is 1. The number of methoxy groups -OCH3 is 1. The van der Waals surface area contributed by atoms with Crippen LogP contribution in [0, 0.1) is 0 Å². The third-order valence-corrected chi connectivity index (χ3v) is 2.81. The molecule has 0 bridgehead atoms. The number of ether oxygens (including phenoxy) is 1. The monoisotopic (exact) mass is 260 g/mol. The number of carbonyl (C=O) groups excluding carboxylic acids is 1. The molecule has 0 amide bonds. The molecule has 0 atom stereocenters. The number of para-hydroxylation sites is 1. The standard InChI is InChI=1S/C14H16N2O3/c1-19-14(18)13-7-6-11(16-13)8-15-12-5-3-2-4-10(12)9-17/h2-7,15-17H,8-9H2,1H3. The van der Waals surface area contributed by atoms with E-state index < -0.39 is 0 Å². The van der Waals surface area contributed by atoms with Crippen molar-refractivity contribution in [2.45, 2.75) is 13.2 Å². The summed E-state index contributed by atoms with van der Waals surface area (Å²) in [6.07, 6.45) is 0. The molecule has 2 aromatic rings. The van der Waals surface area contributed by atoms with Gasteiger partial charge in [0.15, 0.2) is 0 Å². The minimum absolute atomic E-state index is 0.0126. The number of hydrogen-bond donors (Lipinski definition) is 3. The predicted octanol–water partition coefficient (Wildman–Crippen LogP) is 1.91. The van der Waals surface area contributed by atoms with Crippen molar-refractivity contribution in [3.05, 3.63) is 53.3 Å². The van der Waals surface area contributed by atoms with Gasteiger partial charge >= 0.3 is 5.97 Å². The highest BCUT2D eigenvalue weighted by atomic mass is 16.5. The average Bonchev–Trinajstić information content (AvgIpc) is 2.93. The quantitative estimate of drug-likeness (QED) is 0.718. The number of aromatic nitrogens is 1. The Bertz CT molecular complexity index is 563. The van der Waals surface area contributed by atoms with Gasteiger partial charge in [0.25, 0.3) is 0 Å². The van der Waals surface area contributed by atoms with E-state index in [1.54, 1.807) is 6.07 Å². The van der Waals surface area contributed by atoms with Crippen LogP contribution in [0.25, 0.3) is 0 Å². The molecule has 0 unspecified atom stereocenters. The van der Waals surface area contributed by atoms with Crippen molar-refractivity contribution >= 4 is 11.7 Å². The van der Waals surface area contributed by atoms with Crippen LogP contribution in [0.15, 0.2) is 36.4 Å². The summed E-state index contributed by atoms with van der Waals surface area (Å²) in [5.41, 5.74) is 3.00. The highest BCUT2D eigenvalue weighted by molar-refractivity contribution is 5.87. The molecule has 0 aliphatic rings. The Balaban J connectivity index is 2.02. The fourth-order valence-electron chi connectivity index (χ4n) is 1.79. The van der Waals surface area contributed by atoms with Crippen molar-refractivity contribution in [1.82, 2.24) is 4.98 Å². The van der Waals surface area contributed by atoms with Gasteiger partial charge in [-0.1, -0.05) is 18.2 Å². The number of anilines is 1. The normalized spacial score (nSPS) is 10.2. The van der Waals surface area contributed by atoms with Gasteiger partial charge in [-0.25, -0.2) is 4.79 Å². The van der Waals surface area contributed by atoms with Gasteiger partial charge in [0.05, 0.1) is 20.3 Å². The Morgan fingerprint density at radius 1 is 1.32 bits per heavy atom. The number of rotatable bonds is 5. The van der Waals surface area contributed by atoms with E-state index in [-0.39, 0.29) is 12.6 Å². The second-order valence-corrected chi connectivity index (χ2v) is 4.06. The molecule has 0 fully saturated rings. The first-order chi connectivity index (χ1) is 9.24. The molecule has 0 aliphatic carbocycles. The van der Waals surface area contributed by atoms with Crippen molar-refractivity contribution in [1.29, 1.82) is 0 Å². The summed E-state index contributed by atoms with van der Waals surface area (Å²) >= 11 is 0. The lowest BCUT2D eigenvalue weighted by molar-refractivity contribution is 0.0594. The minimum atomic E-state index is -0.387. The minimum Gasteiger partial charge on any atom is -0.464 e. The van der Waals surface area contributed by atoms with E-state index in [2.05, 4.69) is 15.0 Å². The maximum absolute atomic E-state index is 11.3. The molecule has 1 heterocycles. The van der Waals surface area contributed by atoms with Crippen molar-refractivity contribution in [3.63, 3.8) is 0 Å². The van der Waals surface area contributed by atoms with E-state index in [0.29, 0.717) is 12.2 Å². The molecule has 0 aliphatic heterocycles. The molecule has 1 aromatic heterocycles. The second-order valence-electron chi connectivity index (χ2n) is 4.06. The Morgan fingerprint density at radius 3 is 2.84 bits per heavy atom. The van der Waals surface area contributed by atoms with E-state index in [1.807, 2.05) is 30.3 Å². The Labute approximate surface area is 111 Å². The Kier molecular flexibility index (Phi) is 4.20. The number of carbonyl (C=O) groups is 1. The van der Waals surface area contributed by atoms with Crippen LogP contribution in [0.3, 0.4) is 0 Å². The van der Waals surface area contributed by atoms with Gasteiger partial charge in [0.2, 0.25) is 0 Å². The molecule has 0 saturated heterocycles. The number of aliphatic hydroxyl groups excluding tert-OH is 1. The molecule has 100 valence electrons. The number of H-pyrrole nitrogens is 1. The van der Waals surface area contributed by atoms with Crippen molar-refractivity contribution in [2.24, 2.45) is 0 Å². The fourth-order valence-corrected chi connectivity index (χ4v) is 1.79. The highest BCUT2D eigenvalue weighted by Gasteiger charge is 2.08. The third-order valence-electron chi connectivity index (χ3n) is 2.81. The van der Waals surface area contributed by atoms with Crippen LogP contribution in [0.1, 0.15) is 21.7 Å². The molecule has 2 rings (SSSR count). The molecule has 19 heavy (non-hydrogen) atoms. The van der Waals surface area contributed by atoms with Gasteiger partial charge in [-0.15, -0.1) is 0 Å². The summed E-state index contributed by atoms with van der Waals surface area (Å²) in [5, 5.41) is 12.4. The predicted molar refractivity (Wildman–Crippen MR) is 71.8 cm³/mol. The van der Waals surface area contributed by atoms with E-state index in [9.17, 15) is 9.90 Å². The van der Waals surface area contributed by atoms with Gasteiger partial charge in [-0.05, 0) is 18.2 Å². The summed E-state index contributed by atoms with van der Waals surface area (Å²) in [6.45, 7) is 0.523. The fraction of sp³-hybridized carbons (Fsp3) is 0.214. The molecule has 0 radical (unpaired) electrons. The Morgan fingerprint density at radius 2 is 2.11 bits per heavy atom. The number of benzene rings is 1. The van der Waals surface area contributed by atoms with Crippen LogP contribution in [-0.4, -0.2) is 23.2 Å². The van der Waals surface area contributed by atoms with Gasteiger partial charge in [0.1, 0.15) is 5.69 Å². The van der Waals surface area contributed by atoms with Crippen LogP contribution in [0.5, 0.6) is 0 Å². The summed E-state index contributed by atoms with van der Waals surface area (Å²) in [5.74, 6) is -0.387. The number of hydrogen-bond acceptors (Lipinski definition) is 4. The SMILES string of the molecule is COC(=O)c1ccc(CNc2ccccc2CO)[nH]1. The number of aliphatic hydroxyl groups is 1. The summed E-state index contributed by atoms with van der Waals surface area (Å²) in [6, 6.07) is 11.0. The largest absolute Gasteiger partial charge is 0.464 e. The molecule has 1 aromatic carbocycles. The Hall–Kier alpha value is -2.27.